The molecule has 0 saturated carbocycles. The molecule has 0 saturated heterocycles. The highest BCUT2D eigenvalue weighted by molar-refractivity contribution is 5.92. The van der Waals surface area contributed by atoms with Crippen LogP contribution in [0.4, 0.5) is 10.3 Å². The average Bonchev–Trinajstić information content (AvgIpc) is 3.20. The molecule has 1 N–H and O–H groups in total. The Labute approximate surface area is 166 Å². The van der Waals surface area contributed by atoms with Crippen molar-refractivity contribution in [1.29, 1.82) is 0 Å². The van der Waals surface area contributed by atoms with Gasteiger partial charge in [0.05, 0.1) is 12.7 Å². The number of allylic oxidation sites excluding steroid dienone is 1. The highest BCUT2D eigenvalue weighted by Gasteiger charge is 2.33. The normalized spacial score (nSPS) is 15.5. The molecule has 0 fully saturated rings. The fourth-order valence-corrected chi connectivity index (χ4v) is 3.27. The van der Waals surface area contributed by atoms with E-state index in [4.69, 9.17) is 9.47 Å². The van der Waals surface area contributed by atoms with Gasteiger partial charge in [0.2, 0.25) is 5.95 Å². The highest BCUT2D eigenvalue weighted by Crippen LogP contribution is 2.35. The third kappa shape index (κ3) is 3.69. The Bertz CT molecular complexity index is 1060. The van der Waals surface area contributed by atoms with Crippen LogP contribution < -0.4 is 10.1 Å². The Morgan fingerprint density at radius 1 is 1.17 bits per heavy atom. The van der Waals surface area contributed by atoms with Gasteiger partial charge in [0.15, 0.2) is 0 Å². The maximum Gasteiger partial charge on any atom is 0.338 e. The van der Waals surface area contributed by atoms with Crippen LogP contribution in [0, 0.1) is 5.82 Å². The van der Waals surface area contributed by atoms with Gasteiger partial charge in [-0.3, -0.25) is 0 Å². The number of carbonyl (C=O) groups is 1. The molecule has 4 rings (SSSR count). The van der Waals surface area contributed by atoms with Crippen LogP contribution in [-0.2, 0) is 16.1 Å². The molecular formula is C21H19FN4O3. The summed E-state index contributed by atoms with van der Waals surface area (Å²) in [6.07, 6.45) is 1.43. The summed E-state index contributed by atoms with van der Waals surface area (Å²) in [5, 5.41) is 7.34. The van der Waals surface area contributed by atoms with Crippen LogP contribution in [0.3, 0.4) is 0 Å². The van der Waals surface area contributed by atoms with E-state index < -0.39 is 12.0 Å². The number of hydrogen-bond donors (Lipinski definition) is 1. The lowest BCUT2D eigenvalue weighted by Crippen LogP contribution is -2.29. The van der Waals surface area contributed by atoms with Crippen LogP contribution in [0.2, 0.25) is 0 Å². The van der Waals surface area contributed by atoms with Crippen molar-refractivity contribution in [3.8, 4) is 5.75 Å². The van der Waals surface area contributed by atoms with Gasteiger partial charge >= 0.3 is 5.97 Å². The lowest BCUT2D eigenvalue weighted by molar-refractivity contribution is -0.136. The summed E-state index contributed by atoms with van der Waals surface area (Å²) in [7, 11) is 1.35. The van der Waals surface area contributed by atoms with Gasteiger partial charge in [0.25, 0.3) is 0 Å². The van der Waals surface area contributed by atoms with Crippen LogP contribution >= 0.6 is 0 Å². The molecule has 0 amide bonds. The van der Waals surface area contributed by atoms with Crippen LogP contribution in [0.15, 0.2) is 66.1 Å². The Balaban J connectivity index is 1.58. The van der Waals surface area contributed by atoms with Crippen molar-refractivity contribution in [3.05, 3.63) is 83.1 Å². The van der Waals surface area contributed by atoms with Crippen LogP contribution in [0.5, 0.6) is 5.75 Å². The van der Waals surface area contributed by atoms with Crippen molar-refractivity contribution in [1.82, 2.24) is 14.8 Å². The second-order valence-electron chi connectivity index (χ2n) is 6.57. The second kappa shape index (κ2) is 7.75. The number of esters is 1. The van der Waals surface area contributed by atoms with Gasteiger partial charge < -0.3 is 14.8 Å². The Morgan fingerprint density at radius 3 is 2.59 bits per heavy atom. The first-order valence-electron chi connectivity index (χ1n) is 8.99. The molecule has 1 aromatic heterocycles. The Kier molecular flexibility index (Phi) is 4.99. The molecule has 2 heterocycles. The van der Waals surface area contributed by atoms with Crippen molar-refractivity contribution in [2.24, 2.45) is 0 Å². The Hall–Kier alpha value is -3.68. The molecular weight excluding hydrogens is 375 g/mol. The molecule has 3 aromatic rings. The number of fused-ring (bicyclic) bond motifs is 1. The molecule has 148 valence electrons. The van der Waals surface area contributed by atoms with E-state index >= 15 is 0 Å². The number of halogens is 1. The van der Waals surface area contributed by atoms with Crippen LogP contribution in [0.25, 0.3) is 0 Å². The minimum absolute atomic E-state index is 0.280. The van der Waals surface area contributed by atoms with Gasteiger partial charge in [-0.15, -0.1) is 0 Å². The number of hydrogen-bond acceptors (Lipinski definition) is 6. The number of benzene rings is 2. The highest BCUT2D eigenvalue weighted by atomic mass is 19.1. The Morgan fingerprint density at radius 2 is 1.90 bits per heavy atom. The zero-order chi connectivity index (χ0) is 20.4. The van der Waals surface area contributed by atoms with Crippen LogP contribution in [0.1, 0.15) is 24.1 Å². The number of anilines is 1. The van der Waals surface area contributed by atoms with Crippen molar-refractivity contribution in [2.45, 2.75) is 19.6 Å². The third-order valence-corrected chi connectivity index (χ3v) is 4.71. The van der Waals surface area contributed by atoms with Gasteiger partial charge in [0, 0.05) is 5.70 Å². The molecule has 8 heteroatoms. The predicted molar refractivity (Wildman–Crippen MR) is 104 cm³/mol. The van der Waals surface area contributed by atoms with Crippen molar-refractivity contribution in [2.75, 3.05) is 12.4 Å². The zero-order valence-electron chi connectivity index (χ0n) is 15.9. The first kappa shape index (κ1) is 18.7. The molecule has 7 nitrogen and oxygen atoms in total. The third-order valence-electron chi connectivity index (χ3n) is 4.71. The second-order valence-corrected chi connectivity index (χ2v) is 6.57. The first-order chi connectivity index (χ1) is 14.1. The molecule has 2 aromatic carbocycles. The molecule has 0 unspecified atom stereocenters. The van der Waals surface area contributed by atoms with E-state index in [1.165, 1.54) is 25.6 Å². The molecule has 1 aliphatic rings. The summed E-state index contributed by atoms with van der Waals surface area (Å²) in [6.45, 7) is 2.13. The average molecular weight is 394 g/mol. The maximum atomic E-state index is 13.0. The van der Waals surface area contributed by atoms with Gasteiger partial charge in [-0.05, 0) is 42.3 Å². The molecule has 1 atom stereocenters. The minimum Gasteiger partial charge on any atom is -0.489 e. The summed E-state index contributed by atoms with van der Waals surface area (Å²) in [5.74, 6) is 0.498. The van der Waals surface area contributed by atoms with Crippen molar-refractivity contribution in [3.63, 3.8) is 0 Å². The molecule has 29 heavy (non-hydrogen) atoms. The standard InChI is InChI=1S/C21H19FN4O3/c1-13-18(20(27)28-2)19(26-21(25-13)23-12-24-26)15-5-9-17(10-6-15)29-11-14-3-7-16(22)8-4-14/h3-10,12,19H,11H2,1-2H3,(H,23,24,25)/t19-/m0/s1. The lowest BCUT2D eigenvalue weighted by atomic mass is 9.96. The van der Waals surface area contributed by atoms with Gasteiger partial charge in [0.1, 0.15) is 30.5 Å². The lowest BCUT2D eigenvalue weighted by Gasteiger charge is -2.28. The minimum atomic E-state index is -0.465. The van der Waals surface area contributed by atoms with E-state index in [9.17, 15) is 9.18 Å². The summed E-state index contributed by atoms with van der Waals surface area (Å²) in [6, 6.07) is 13.1. The maximum absolute atomic E-state index is 13.0. The van der Waals surface area contributed by atoms with E-state index in [1.807, 2.05) is 24.3 Å². The van der Waals surface area contributed by atoms with E-state index in [1.54, 1.807) is 23.7 Å². The number of rotatable bonds is 5. The number of nitrogens with zero attached hydrogens (tertiary/aromatic N) is 3. The summed E-state index contributed by atoms with van der Waals surface area (Å²) in [5.41, 5.74) is 2.84. The number of methoxy groups -OCH3 is 1. The zero-order valence-corrected chi connectivity index (χ0v) is 15.9. The first-order valence-corrected chi connectivity index (χ1v) is 8.99. The summed E-state index contributed by atoms with van der Waals surface area (Å²) >= 11 is 0. The summed E-state index contributed by atoms with van der Waals surface area (Å²) in [4.78, 5) is 16.6. The van der Waals surface area contributed by atoms with Gasteiger partial charge in [-0.2, -0.15) is 10.1 Å². The fourth-order valence-electron chi connectivity index (χ4n) is 3.27. The SMILES string of the molecule is COC(=O)C1=C(C)Nc2ncnn2[C@H]1c1ccc(OCc2ccc(F)cc2)cc1. The smallest absolute Gasteiger partial charge is 0.338 e. The number of aromatic nitrogens is 3. The van der Waals surface area contributed by atoms with E-state index in [-0.39, 0.29) is 5.82 Å². The molecule has 0 spiro atoms. The number of carbonyl (C=O) groups excluding carboxylic acids is 1. The van der Waals surface area contributed by atoms with E-state index in [0.717, 1.165) is 11.1 Å². The number of nitrogens with one attached hydrogen (secondary N) is 1. The van der Waals surface area contributed by atoms with Gasteiger partial charge in [-0.1, -0.05) is 24.3 Å². The van der Waals surface area contributed by atoms with Gasteiger partial charge in [-0.25, -0.2) is 13.9 Å². The van der Waals surface area contributed by atoms with E-state index in [2.05, 4.69) is 15.4 Å². The number of ether oxygens (including phenoxy) is 2. The molecule has 0 bridgehead atoms. The largest absolute Gasteiger partial charge is 0.489 e. The van der Waals surface area contributed by atoms with E-state index in [0.29, 0.717) is 29.6 Å². The van der Waals surface area contributed by atoms with Crippen molar-refractivity contribution < 1.29 is 18.7 Å². The molecule has 1 aliphatic heterocycles. The topological polar surface area (TPSA) is 78.3 Å². The van der Waals surface area contributed by atoms with Crippen molar-refractivity contribution >= 4 is 11.9 Å². The monoisotopic (exact) mass is 394 g/mol. The predicted octanol–water partition coefficient (Wildman–Crippen LogP) is 3.46. The quantitative estimate of drug-likeness (QED) is 0.668. The van der Waals surface area contributed by atoms with Crippen LogP contribution in [-0.4, -0.2) is 27.8 Å². The summed E-state index contributed by atoms with van der Waals surface area (Å²) < 4.78 is 25.4. The fraction of sp³-hybridized carbons (Fsp3) is 0.190. The molecule has 0 radical (unpaired) electrons. The molecule has 0 aliphatic carbocycles.